The normalized spacial score (nSPS) is 27.8. The first-order chi connectivity index (χ1) is 4.43. The molecule has 0 bridgehead atoms. The van der Waals surface area contributed by atoms with Gasteiger partial charge < -0.3 is 4.74 Å². The van der Waals surface area contributed by atoms with E-state index in [1.165, 1.54) is 12.8 Å². The van der Waals surface area contributed by atoms with Crippen molar-refractivity contribution in [3.63, 3.8) is 0 Å². The molecular formula is C7H12OS. The molecule has 2 heteroatoms. The summed E-state index contributed by atoms with van der Waals surface area (Å²) in [5.41, 5.74) is 0. The van der Waals surface area contributed by atoms with Gasteiger partial charge in [0, 0.05) is 13.2 Å². The van der Waals surface area contributed by atoms with Gasteiger partial charge in [-0.05, 0) is 30.5 Å². The van der Waals surface area contributed by atoms with E-state index >= 15 is 0 Å². The van der Waals surface area contributed by atoms with Crippen molar-refractivity contribution in [3.8, 4) is 0 Å². The number of rotatable bonds is 2. The maximum absolute atomic E-state index is 5.27. The first-order valence-corrected chi connectivity index (χ1v) is 3.92. The van der Waals surface area contributed by atoms with Crippen molar-refractivity contribution in [3.05, 3.63) is 0 Å². The van der Waals surface area contributed by atoms with Crippen LogP contribution in [0.4, 0.5) is 0 Å². The van der Waals surface area contributed by atoms with E-state index in [9.17, 15) is 0 Å². The molecule has 0 aromatic carbocycles. The van der Waals surface area contributed by atoms with Crippen molar-refractivity contribution in [2.45, 2.75) is 19.3 Å². The molecule has 9 heavy (non-hydrogen) atoms. The fourth-order valence-electron chi connectivity index (χ4n) is 1.13. The Balaban J connectivity index is 2.15. The van der Waals surface area contributed by atoms with Crippen LogP contribution in [-0.2, 0) is 4.74 Å². The second-order valence-electron chi connectivity index (χ2n) is 2.49. The summed E-state index contributed by atoms with van der Waals surface area (Å²) in [6, 6.07) is 0. The van der Waals surface area contributed by atoms with Gasteiger partial charge >= 0.3 is 0 Å². The van der Waals surface area contributed by atoms with Crippen molar-refractivity contribution >= 4 is 17.6 Å². The largest absolute Gasteiger partial charge is 0.381 e. The zero-order valence-corrected chi connectivity index (χ0v) is 6.32. The molecule has 0 spiro atoms. The highest BCUT2D eigenvalue weighted by atomic mass is 32.1. The molecular weight excluding hydrogens is 132 g/mol. The molecule has 0 N–H and O–H groups in total. The topological polar surface area (TPSA) is 9.23 Å². The van der Waals surface area contributed by atoms with Gasteiger partial charge in [-0.1, -0.05) is 12.2 Å². The van der Waals surface area contributed by atoms with E-state index in [4.69, 9.17) is 17.0 Å². The SMILES string of the molecule is S=CCC1CCCOC1. The van der Waals surface area contributed by atoms with Crippen LogP contribution in [0.25, 0.3) is 0 Å². The summed E-state index contributed by atoms with van der Waals surface area (Å²) in [4.78, 5) is 0. The lowest BCUT2D eigenvalue weighted by Crippen LogP contribution is -2.16. The molecule has 0 aliphatic carbocycles. The van der Waals surface area contributed by atoms with E-state index in [0.29, 0.717) is 0 Å². The van der Waals surface area contributed by atoms with Crippen LogP contribution < -0.4 is 0 Å². The molecule has 1 aliphatic heterocycles. The van der Waals surface area contributed by atoms with Crippen LogP contribution in [0.15, 0.2) is 0 Å². The van der Waals surface area contributed by atoms with Gasteiger partial charge in [0.1, 0.15) is 0 Å². The highest BCUT2D eigenvalue weighted by molar-refractivity contribution is 7.78. The quantitative estimate of drug-likeness (QED) is 0.546. The molecule has 52 valence electrons. The van der Waals surface area contributed by atoms with Gasteiger partial charge in [0.25, 0.3) is 0 Å². The van der Waals surface area contributed by atoms with Gasteiger partial charge in [0.15, 0.2) is 0 Å². The molecule has 0 radical (unpaired) electrons. The minimum absolute atomic E-state index is 0.719. The molecule has 1 rings (SSSR count). The smallest absolute Gasteiger partial charge is 0.0497 e. The minimum atomic E-state index is 0.719. The average molecular weight is 144 g/mol. The van der Waals surface area contributed by atoms with Crippen molar-refractivity contribution in [1.29, 1.82) is 0 Å². The molecule has 0 amide bonds. The van der Waals surface area contributed by atoms with E-state index in [1.807, 2.05) is 5.37 Å². The Morgan fingerprint density at radius 1 is 1.67 bits per heavy atom. The van der Waals surface area contributed by atoms with Crippen molar-refractivity contribution in [2.24, 2.45) is 5.92 Å². The van der Waals surface area contributed by atoms with Crippen LogP contribution in [0.5, 0.6) is 0 Å². The Labute approximate surface area is 61.4 Å². The van der Waals surface area contributed by atoms with Crippen LogP contribution in [0.2, 0.25) is 0 Å². The molecule has 0 aromatic rings. The second kappa shape index (κ2) is 3.96. The second-order valence-corrected chi connectivity index (χ2v) is 2.82. The number of thiocarbonyl (C=S) groups is 1. The van der Waals surface area contributed by atoms with Crippen LogP contribution in [0, 0.1) is 5.92 Å². The molecule has 1 atom stereocenters. The summed E-state index contributed by atoms with van der Waals surface area (Å²) in [6.45, 7) is 1.88. The highest BCUT2D eigenvalue weighted by Gasteiger charge is 2.11. The van der Waals surface area contributed by atoms with Crippen molar-refractivity contribution in [1.82, 2.24) is 0 Å². The Hall–Kier alpha value is 0.0500. The Kier molecular flexibility index (Phi) is 3.15. The summed E-state index contributed by atoms with van der Waals surface area (Å²) in [7, 11) is 0. The lowest BCUT2D eigenvalue weighted by molar-refractivity contribution is 0.0580. The van der Waals surface area contributed by atoms with Gasteiger partial charge in [0.05, 0.1) is 0 Å². The lowest BCUT2D eigenvalue weighted by Gasteiger charge is -2.19. The third-order valence-corrected chi connectivity index (χ3v) is 1.88. The summed E-state index contributed by atoms with van der Waals surface area (Å²) in [6.07, 6.45) is 3.57. The first-order valence-electron chi connectivity index (χ1n) is 3.45. The van der Waals surface area contributed by atoms with E-state index in [2.05, 4.69) is 0 Å². The molecule has 0 saturated carbocycles. The molecule has 1 fully saturated rings. The predicted molar refractivity (Wildman–Crippen MR) is 41.8 cm³/mol. The zero-order chi connectivity index (χ0) is 6.53. The van der Waals surface area contributed by atoms with E-state index in [-0.39, 0.29) is 0 Å². The summed E-state index contributed by atoms with van der Waals surface area (Å²) in [5.74, 6) is 0.719. The highest BCUT2D eigenvalue weighted by Crippen LogP contribution is 2.15. The van der Waals surface area contributed by atoms with Crippen molar-refractivity contribution in [2.75, 3.05) is 13.2 Å². The van der Waals surface area contributed by atoms with E-state index in [1.54, 1.807) is 0 Å². The Morgan fingerprint density at radius 2 is 2.56 bits per heavy atom. The third-order valence-electron chi connectivity index (χ3n) is 1.68. The summed E-state index contributed by atoms with van der Waals surface area (Å²) < 4.78 is 5.27. The van der Waals surface area contributed by atoms with E-state index < -0.39 is 0 Å². The van der Waals surface area contributed by atoms with Crippen LogP contribution >= 0.6 is 12.2 Å². The Bertz CT molecular complexity index is 86.9. The monoisotopic (exact) mass is 144 g/mol. The lowest BCUT2D eigenvalue weighted by atomic mass is 10.00. The fourth-order valence-corrected chi connectivity index (χ4v) is 1.40. The minimum Gasteiger partial charge on any atom is -0.381 e. The number of hydrogen-bond donors (Lipinski definition) is 0. The fraction of sp³-hybridized carbons (Fsp3) is 0.857. The van der Waals surface area contributed by atoms with Crippen LogP contribution in [0.3, 0.4) is 0 Å². The number of ether oxygens (including phenoxy) is 1. The molecule has 0 aromatic heterocycles. The van der Waals surface area contributed by atoms with Crippen LogP contribution in [-0.4, -0.2) is 18.6 Å². The maximum atomic E-state index is 5.27. The zero-order valence-electron chi connectivity index (χ0n) is 5.51. The predicted octanol–water partition coefficient (Wildman–Crippen LogP) is 1.80. The Morgan fingerprint density at radius 3 is 3.11 bits per heavy atom. The molecule has 1 heterocycles. The van der Waals surface area contributed by atoms with Gasteiger partial charge in [0.2, 0.25) is 0 Å². The molecule has 1 unspecified atom stereocenters. The molecule has 1 nitrogen and oxygen atoms in total. The average Bonchev–Trinajstić information content (AvgIpc) is 1.91. The summed E-state index contributed by atoms with van der Waals surface area (Å²) >= 11 is 4.75. The standard InChI is InChI=1S/C7H12OS/c9-5-3-7-2-1-4-8-6-7/h5,7H,1-4,6H2. The van der Waals surface area contributed by atoms with Gasteiger partial charge in [-0.25, -0.2) is 0 Å². The van der Waals surface area contributed by atoms with E-state index in [0.717, 1.165) is 25.6 Å². The van der Waals surface area contributed by atoms with Gasteiger partial charge in [-0.15, -0.1) is 0 Å². The van der Waals surface area contributed by atoms with Crippen LogP contribution in [0.1, 0.15) is 19.3 Å². The molecule has 1 saturated heterocycles. The maximum Gasteiger partial charge on any atom is 0.0497 e. The summed E-state index contributed by atoms with van der Waals surface area (Å²) in [5, 5.41) is 1.82. The number of hydrogen-bond acceptors (Lipinski definition) is 2. The van der Waals surface area contributed by atoms with Gasteiger partial charge in [-0.3, -0.25) is 0 Å². The first kappa shape index (κ1) is 7.16. The van der Waals surface area contributed by atoms with Gasteiger partial charge in [-0.2, -0.15) is 0 Å². The third kappa shape index (κ3) is 2.41. The van der Waals surface area contributed by atoms with Crippen molar-refractivity contribution < 1.29 is 4.74 Å². The molecule has 1 aliphatic rings.